The molecule has 0 aliphatic rings. The lowest BCUT2D eigenvalue weighted by Gasteiger charge is -2.06. The Labute approximate surface area is 80.6 Å². The van der Waals surface area contributed by atoms with Gasteiger partial charge in [0.15, 0.2) is 0 Å². The molecule has 0 spiro atoms. The summed E-state index contributed by atoms with van der Waals surface area (Å²) in [4.78, 5) is 32.3. The molecule has 72 valence electrons. The molecular weight excluding hydrogens is 214 g/mol. The quantitative estimate of drug-likeness (QED) is 0.523. The molecule has 1 heterocycles. The van der Waals surface area contributed by atoms with Crippen molar-refractivity contribution in [1.82, 2.24) is 4.57 Å². The minimum atomic E-state index is -0.840. The van der Waals surface area contributed by atoms with E-state index in [2.05, 4.69) is 4.74 Å². The molecule has 0 aromatic carbocycles. The number of ether oxygens (including phenoxy) is 1. The average Bonchev–Trinajstić information content (AvgIpc) is 2.44. The highest BCUT2D eigenvalue weighted by Crippen LogP contribution is 2.04. The van der Waals surface area contributed by atoms with Crippen molar-refractivity contribution >= 4 is 26.7 Å². The second-order valence-corrected chi connectivity index (χ2v) is 4.30. The smallest absolute Gasteiger partial charge is 0.328 e. The third-order valence-electron chi connectivity index (χ3n) is 1.51. The van der Waals surface area contributed by atoms with Crippen molar-refractivity contribution < 1.29 is 9.53 Å². The van der Waals surface area contributed by atoms with E-state index in [0.717, 1.165) is 25.2 Å². The molecule has 0 fully saturated rings. The number of methoxy groups -OCH3 is 1. The maximum atomic E-state index is 11.1. The van der Waals surface area contributed by atoms with E-state index >= 15 is 0 Å². The Bertz CT molecular complexity index is 387. The van der Waals surface area contributed by atoms with Crippen LogP contribution in [0, 0.1) is 0 Å². The number of carbonyl (C=O) groups excluding carboxylic acids is 1. The van der Waals surface area contributed by atoms with Crippen molar-refractivity contribution in [3.8, 4) is 0 Å². The molecule has 0 aliphatic carbocycles. The Morgan fingerprint density at radius 3 is 2.23 bits per heavy atom. The molecule has 0 amide bonds. The molecule has 13 heavy (non-hydrogen) atoms. The van der Waals surface area contributed by atoms with Gasteiger partial charge in [-0.05, 0) is 27.6 Å². The van der Waals surface area contributed by atoms with E-state index in [0.29, 0.717) is 0 Å². The number of rotatable bonds is 2. The molecule has 5 nitrogen and oxygen atoms in total. The Morgan fingerprint density at radius 1 is 1.38 bits per heavy atom. The lowest BCUT2D eigenvalue weighted by molar-refractivity contribution is -0.144. The van der Waals surface area contributed by atoms with Crippen molar-refractivity contribution in [1.29, 1.82) is 0 Å². The summed E-state index contributed by atoms with van der Waals surface area (Å²) in [5.74, 6) is -0.593. The molecule has 0 N–H and O–H groups in total. The Kier molecular flexibility index (Phi) is 2.99. The molecule has 7 heteroatoms. The van der Waals surface area contributed by atoms with Crippen LogP contribution in [-0.4, -0.2) is 17.6 Å². The fourth-order valence-electron chi connectivity index (χ4n) is 0.818. The standard InChI is InChI=1S/C6H7NO4S2/c1-3(4(8)11-2)7-5(9)12-13-6(7)10/h3H,1-2H3/t3-/m1/s1. The summed E-state index contributed by atoms with van der Waals surface area (Å²) < 4.78 is 5.31. The number of carbonyl (C=O) groups is 1. The SMILES string of the molecule is COC(=O)[C@@H](C)n1c(=O)ssc1=O. The van der Waals surface area contributed by atoms with Gasteiger partial charge >= 0.3 is 15.7 Å². The van der Waals surface area contributed by atoms with Gasteiger partial charge in [0, 0.05) is 0 Å². The predicted octanol–water partition coefficient (Wildman–Crippen LogP) is 0.0655. The second kappa shape index (κ2) is 3.84. The topological polar surface area (TPSA) is 65.4 Å². The van der Waals surface area contributed by atoms with Gasteiger partial charge in [0.05, 0.1) is 7.11 Å². The first-order valence-electron chi connectivity index (χ1n) is 3.37. The van der Waals surface area contributed by atoms with Gasteiger partial charge in [-0.3, -0.25) is 9.59 Å². The van der Waals surface area contributed by atoms with Crippen LogP contribution in [0.4, 0.5) is 0 Å². The molecule has 0 aliphatic heterocycles. The molecular formula is C6H7NO4S2. The first-order valence-corrected chi connectivity index (χ1v) is 5.52. The molecule has 0 saturated carbocycles. The van der Waals surface area contributed by atoms with Crippen LogP contribution in [0.1, 0.15) is 13.0 Å². The molecule has 0 saturated heterocycles. The van der Waals surface area contributed by atoms with Gasteiger partial charge in [0.25, 0.3) is 0 Å². The van der Waals surface area contributed by atoms with Crippen LogP contribution in [0.3, 0.4) is 0 Å². The van der Waals surface area contributed by atoms with Crippen LogP contribution in [0.5, 0.6) is 0 Å². The minimum absolute atomic E-state index is 0.423. The normalized spacial score (nSPS) is 12.5. The van der Waals surface area contributed by atoms with Crippen LogP contribution in [0.25, 0.3) is 0 Å². The van der Waals surface area contributed by atoms with Gasteiger partial charge in [-0.15, -0.1) is 0 Å². The summed E-state index contributed by atoms with van der Waals surface area (Å²) in [7, 11) is 2.84. The van der Waals surface area contributed by atoms with Gasteiger partial charge in [-0.25, -0.2) is 9.36 Å². The highest BCUT2D eigenvalue weighted by molar-refractivity contribution is 7.67. The van der Waals surface area contributed by atoms with Crippen molar-refractivity contribution in [2.75, 3.05) is 7.11 Å². The highest BCUT2D eigenvalue weighted by atomic mass is 32.9. The molecule has 1 aromatic heterocycles. The Balaban J connectivity index is 3.15. The van der Waals surface area contributed by atoms with Gasteiger partial charge in [-0.2, -0.15) is 0 Å². The van der Waals surface area contributed by atoms with E-state index in [4.69, 9.17) is 0 Å². The van der Waals surface area contributed by atoms with E-state index in [-0.39, 0.29) is 0 Å². The van der Waals surface area contributed by atoms with Gasteiger partial charge in [0.2, 0.25) is 0 Å². The summed E-state index contributed by atoms with van der Waals surface area (Å²) >= 11 is 0. The van der Waals surface area contributed by atoms with E-state index in [9.17, 15) is 14.4 Å². The zero-order valence-electron chi connectivity index (χ0n) is 6.97. The summed E-state index contributed by atoms with van der Waals surface area (Å²) in [6.07, 6.45) is 0. The Morgan fingerprint density at radius 2 is 1.85 bits per heavy atom. The van der Waals surface area contributed by atoms with Crippen molar-refractivity contribution in [3.05, 3.63) is 19.3 Å². The van der Waals surface area contributed by atoms with Crippen molar-refractivity contribution in [2.45, 2.75) is 13.0 Å². The van der Waals surface area contributed by atoms with Gasteiger partial charge in [-0.1, -0.05) is 0 Å². The fraction of sp³-hybridized carbons (Fsp3) is 0.500. The summed E-state index contributed by atoms with van der Waals surface area (Å²) in [6.45, 7) is 1.45. The zero-order chi connectivity index (χ0) is 10.0. The largest absolute Gasteiger partial charge is 0.467 e. The lowest BCUT2D eigenvalue weighted by Crippen LogP contribution is -2.32. The van der Waals surface area contributed by atoms with Crippen molar-refractivity contribution in [3.63, 3.8) is 0 Å². The first-order chi connectivity index (χ1) is 6.07. The maximum Gasteiger partial charge on any atom is 0.328 e. The van der Waals surface area contributed by atoms with E-state index < -0.39 is 21.8 Å². The summed E-state index contributed by atoms with van der Waals surface area (Å²) in [5.41, 5.74) is 0. The van der Waals surface area contributed by atoms with E-state index in [1.807, 2.05) is 0 Å². The van der Waals surface area contributed by atoms with Crippen LogP contribution >= 0.6 is 20.7 Å². The Hall–Kier alpha value is -0.950. The maximum absolute atomic E-state index is 11.1. The zero-order valence-corrected chi connectivity index (χ0v) is 8.61. The second-order valence-electron chi connectivity index (χ2n) is 2.27. The first kappa shape index (κ1) is 10.1. The molecule has 0 unspecified atom stereocenters. The number of nitrogens with zero attached hydrogens (tertiary/aromatic N) is 1. The fourth-order valence-corrected chi connectivity index (χ4v) is 2.57. The number of hydrogen-bond donors (Lipinski definition) is 0. The third kappa shape index (κ3) is 1.86. The van der Waals surface area contributed by atoms with E-state index in [1.165, 1.54) is 14.0 Å². The predicted molar refractivity (Wildman–Crippen MR) is 49.5 cm³/mol. The number of hydrogen-bond acceptors (Lipinski definition) is 6. The van der Waals surface area contributed by atoms with Crippen molar-refractivity contribution in [2.24, 2.45) is 0 Å². The van der Waals surface area contributed by atoms with Gasteiger partial charge in [0.1, 0.15) is 6.04 Å². The third-order valence-corrected chi connectivity index (χ3v) is 3.37. The monoisotopic (exact) mass is 221 g/mol. The summed E-state index contributed by atoms with van der Waals surface area (Å²) in [6, 6.07) is -0.840. The van der Waals surface area contributed by atoms with Crippen LogP contribution < -0.4 is 9.75 Å². The van der Waals surface area contributed by atoms with Gasteiger partial charge < -0.3 is 4.74 Å². The number of aromatic nitrogens is 1. The average molecular weight is 221 g/mol. The van der Waals surface area contributed by atoms with E-state index in [1.54, 1.807) is 0 Å². The summed E-state index contributed by atoms with van der Waals surface area (Å²) in [5, 5.41) is 0. The molecule has 0 radical (unpaired) electrons. The lowest BCUT2D eigenvalue weighted by atomic mass is 10.3. The van der Waals surface area contributed by atoms with Crippen LogP contribution in [0.15, 0.2) is 9.59 Å². The molecule has 1 aromatic rings. The highest BCUT2D eigenvalue weighted by Gasteiger charge is 2.20. The minimum Gasteiger partial charge on any atom is -0.467 e. The van der Waals surface area contributed by atoms with Crippen LogP contribution in [0.2, 0.25) is 0 Å². The molecule has 0 bridgehead atoms. The molecule has 1 atom stereocenters. The number of esters is 1. The van der Waals surface area contributed by atoms with Crippen LogP contribution in [-0.2, 0) is 9.53 Å². The molecule has 1 rings (SSSR count).